The highest BCUT2D eigenvalue weighted by atomic mass is 32.2. The second kappa shape index (κ2) is 7.93. The van der Waals surface area contributed by atoms with Gasteiger partial charge in [-0.05, 0) is 47.5 Å². The Balaban J connectivity index is 1.93. The molecule has 0 amide bonds. The van der Waals surface area contributed by atoms with E-state index in [1.54, 1.807) is 16.8 Å². The lowest BCUT2D eigenvalue weighted by molar-refractivity contribution is 0.102. The van der Waals surface area contributed by atoms with Gasteiger partial charge in [-0.2, -0.15) is 0 Å². The van der Waals surface area contributed by atoms with Gasteiger partial charge in [0.15, 0.2) is 5.78 Å². The minimum atomic E-state index is 0.0483. The zero-order valence-electron chi connectivity index (χ0n) is 13.0. The summed E-state index contributed by atoms with van der Waals surface area (Å²) < 4.78 is 7.10. The monoisotopic (exact) mass is 320 g/mol. The van der Waals surface area contributed by atoms with Gasteiger partial charge in [0.1, 0.15) is 5.75 Å². The molecular formula is C15H20N4O2S. The largest absolute Gasteiger partial charge is 0.494 e. The van der Waals surface area contributed by atoms with Crippen molar-refractivity contribution in [3.8, 4) is 5.75 Å². The number of ketones is 1. The summed E-state index contributed by atoms with van der Waals surface area (Å²) in [4.78, 5) is 12.2. The molecule has 0 fully saturated rings. The van der Waals surface area contributed by atoms with Crippen LogP contribution < -0.4 is 4.74 Å². The molecule has 0 unspecified atom stereocenters. The number of aromatic nitrogens is 4. The van der Waals surface area contributed by atoms with Gasteiger partial charge < -0.3 is 4.74 Å². The molecule has 1 heterocycles. The molecule has 22 heavy (non-hydrogen) atoms. The van der Waals surface area contributed by atoms with Crippen molar-refractivity contribution in [1.82, 2.24) is 20.2 Å². The zero-order valence-corrected chi connectivity index (χ0v) is 13.8. The predicted octanol–water partition coefficient (Wildman–Crippen LogP) is 2.70. The zero-order chi connectivity index (χ0) is 15.9. The van der Waals surface area contributed by atoms with Gasteiger partial charge in [0.25, 0.3) is 0 Å². The Morgan fingerprint density at radius 3 is 2.68 bits per heavy atom. The molecule has 1 aromatic heterocycles. The lowest BCUT2D eigenvalue weighted by atomic mass is 10.1. The van der Waals surface area contributed by atoms with E-state index >= 15 is 0 Å². The fourth-order valence-electron chi connectivity index (χ4n) is 1.88. The molecule has 0 radical (unpaired) electrons. The molecule has 0 saturated carbocycles. The Bertz CT molecular complexity index is 610. The van der Waals surface area contributed by atoms with E-state index in [0.29, 0.717) is 29.0 Å². The Hall–Kier alpha value is -1.89. The second-order valence-electron chi connectivity index (χ2n) is 5.21. The number of ether oxygens (including phenoxy) is 1. The summed E-state index contributed by atoms with van der Waals surface area (Å²) in [6.45, 7) is 7.48. The van der Waals surface area contributed by atoms with Crippen molar-refractivity contribution in [1.29, 1.82) is 0 Å². The van der Waals surface area contributed by atoms with E-state index < -0.39 is 0 Å². The Morgan fingerprint density at radius 2 is 2.05 bits per heavy atom. The van der Waals surface area contributed by atoms with Crippen molar-refractivity contribution in [2.75, 3.05) is 12.4 Å². The number of thioether (sulfide) groups is 1. The van der Waals surface area contributed by atoms with Gasteiger partial charge in [0, 0.05) is 12.1 Å². The minimum Gasteiger partial charge on any atom is -0.494 e. The van der Waals surface area contributed by atoms with Crippen molar-refractivity contribution < 1.29 is 9.53 Å². The average molecular weight is 320 g/mol. The molecule has 0 N–H and O–H groups in total. The van der Waals surface area contributed by atoms with Crippen LogP contribution in [0.3, 0.4) is 0 Å². The van der Waals surface area contributed by atoms with Crippen molar-refractivity contribution in [3.05, 3.63) is 29.8 Å². The van der Waals surface area contributed by atoms with Gasteiger partial charge in [-0.3, -0.25) is 4.79 Å². The van der Waals surface area contributed by atoms with Crippen molar-refractivity contribution >= 4 is 17.5 Å². The van der Waals surface area contributed by atoms with E-state index in [1.807, 2.05) is 19.1 Å². The fourth-order valence-corrected chi connectivity index (χ4v) is 2.66. The number of Topliss-reactive ketones (excluding diaryl/α,β-unsaturated/α-hetero) is 1. The summed E-state index contributed by atoms with van der Waals surface area (Å²) >= 11 is 1.36. The molecule has 2 aromatic rings. The van der Waals surface area contributed by atoms with Crippen molar-refractivity contribution in [2.45, 2.75) is 32.5 Å². The van der Waals surface area contributed by atoms with Gasteiger partial charge in [-0.1, -0.05) is 25.6 Å². The second-order valence-corrected chi connectivity index (χ2v) is 6.15. The number of carbonyl (C=O) groups is 1. The van der Waals surface area contributed by atoms with Gasteiger partial charge in [0.2, 0.25) is 5.16 Å². The van der Waals surface area contributed by atoms with Crippen LogP contribution in [-0.4, -0.2) is 38.4 Å². The number of hydrogen-bond acceptors (Lipinski definition) is 6. The van der Waals surface area contributed by atoms with Crippen LogP contribution in [-0.2, 0) is 6.54 Å². The highest BCUT2D eigenvalue weighted by molar-refractivity contribution is 7.99. The van der Waals surface area contributed by atoms with Crippen LogP contribution >= 0.6 is 11.8 Å². The lowest BCUT2D eigenvalue weighted by Crippen LogP contribution is -2.09. The quantitative estimate of drug-likeness (QED) is 0.550. The fraction of sp³-hybridized carbons (Fsp3) is 0.467. The number of carbonyl (C=O) groups excluding carboxylic acids is 1. The summed E-state index contributed by atoms with van der Waals surface area (Å²) in [5.74, 6) is 1.58. The molecule has 0 spiro atoms. The van der Waals surface area contributed by atoms with Crippen LogP contribution in [0, 0.1) is 5.92 Å². The molecule has 2 rings (SSSR count). The maximum atomic E-state index is 12.2. The lowest BCUT2D eigenvalue weighted by Gasteiger charge is -2.07. The topological polar surface area (TPSA) is 69.9 Å². The standard InChI is InChI=1S/C15H20N4O2S/c1-4-21-13-7-5-12(6-8-13)14(20)10-22-15-16-17-18-19(15)9-11(2)3/h5-8,11H,4,9-10H2,1-3H3. The van der Waals surface area contributed by atoms with E-state index in [1.165, 1.54) is 11.8 Å². The first kappa shape index (κ1) is 16.5. The van der Waals surface area contributed by atoms with E-state index in [0.717, 1.165) is 12.3 Å². The first-order chi connectivity index (χ1) is 10.6. The highest BCUT2D eigenvalue weighted by Gasteiger charge is 2.12. The summed E-state index contributed by atoms with van der Waals surface area (Å²) in [5.41, 5.74) is 0.666. The van der Waals surface area contributed by atoms with Crippen molar-refractivity contribution in [2.24, 2.45) is 5.92 Å². The number of tetrazole rings is 1. The van der Waals surface area contributed by atoms with Crippen LogP contribution in [0.5, 0.6) is 5.75 Å². The maximum Gasteiger partial charge on any atom is 0.209 e. The molecular weight excluding hydrogens is 300 g/mol. The molecule has 0 atom stereocenters. The predicted molar refractivity (Wildman–Crippen MR) is 85.3 cm³/mol. The van der Waals surface area contributed by atoms with Crippen LogP contribution in [0.4, 0.5) is 0 Å². The third-order valence-corrected chi connectivity index (χ3v) is 3.81. The first-order valence-electron chi connectivity index (χ1n) is 7.25. The van der Waals surface area contributed by atoms with E-state index in [-0.39, 0.29) is 5.78 Å². The molecule has 7 heteroatoms. The van der Waals surface area contributed by atoms with Gasteiger partial charge in [0.05, 0.1) is 12.4 Å². The normalized spacial score (nSPS) is 10.9. The number of nitrogens with zero attached hydrogens (tertiary/aromatic N) is 4. The molecule has 118 valence electrons. The van der Waals surface area contributed by atoms with E-state index in [4.69, 9.17) is 4.74 Å². The van der Waals surface area contributed by atoms with Crippen molar-refractivity contribution in [3.63, 3.8) is 0 Å². The molecule has 1 aromatic carbocycles. The van der Waals surface area contributed by atoms with E-state index in [2.05, 4.69) is 29.4 Å². The maximum absolute atomic E-state index is 12.2. The summed E-state index contributed by atoms with van der Waals surface area (Å²) in [6, 6.07) is 7.18. The summed E-state index contributed by atoms with van der Waals surface area (Å²) in [5, 5.41) is 12.3. The number of hydrogen-bond donors (Lipinski definition) is 0. The Labute approximate surface area is 134 Å². The van der Waals surface area contributed by atoms with Crippen LogP contribution in [0.15, 0.2) is 29.4 Å². The van der Waals surface area contributed by atoms with E-state index in [9.17, 15) is 4.79 Å². The third-order valence-electron chi connectivity index (χ3n) is 2.86. The minimum absolute atomic E-state index is 0.0483. The molecule has 0 saturated heterocycles. The summed E-state index contributed by atoms with van der Waals surface area (Å²) in [6.07, 6.45) is 0. The Kier molecular flexibility index (Phi) is 5.94. The number of benzene rings is 1. The molecule has 0 aliphatic carbocycles. The smallest absolute Gasteiger partial charge is 0.209 e. The molecule has 6 nitrogen and oxygen atoms in total. The first-order valence-corrected chi connectivity index (χ1v) is 8.23. The summed E-state index contributed by atoms with van der Waals surface area (Å²) in [7, 11) is 0. The molecule has 0 aliphatic heterocycles. The third kappa shape index (κ3) is 4.56. The van der Waals surface area contributed by atoms with Gasteiger partial charge in [-0.25, -0.2) is 4.68 Å². The molecule has 0 aliphatic rings. The highest BCUT2D eigenvalue weighted by Crippen LogP contribution is 2.18. The van der Waals surface area contributed by atoms with Crippen LogP contribution in [0.2, 0.25) is 0 Å². The van der Waals surface area contributed by atoms with Crippen LogP contribution in [0.1, 0.15) is 31.1 Å². The van der Waals surface area contributed by atoms with Crippen LogP contribution in [0.25, 0.3) is 0 Å². The van der Waals surface area contributed by atoms with Gasteiger partial charge >= 0.3 is 0 Å². The Morgan fingerprint density at radius 1 is 1.32 bits per heavy atom. The number of rotatable bonds is 8. The average Bonchev–Trinajstić information content (AvgIpc) is 2.92. The SMILES string of the molecule is CCOc1ccc(C(=O)CSc2nnnn2CC(C)C)cc1. The molecule has 0 bridgehead atoms. The van der Waals surface area contributed by atoms with Gasteiger partial charge in [-0.15, -0.1) is 5.10 Å².